The highest BCUT2D eigenvalue weighted by Gasteiger charge is 2.63. The van der Waals surface area contributed by atoms with E-state index in [1.165, 1.54) is 0 Å². The highest BCUT2D eigenvalue weighted by molar-refractivity contribution is 6.93. The molecular weight excluding hydrogens is 1410 g/mol. The van der Waals surface area contributed by atoms with Crippen molar-refractivity contribution in [3.05, 3.63) is 206 Å². The minimum atomic E-state index is -5.88. The van der Waals surface area contributed by atoms with Crippen LogP contribution in [0.25, 0.3) is 179 Å². The highest BCUT2D eigenvalue weighted by Crippen LogP contribution is 2.41. The molecule has 15 aromatic rings. The van der Waals surface area contributed by atoms with Gasteiger partial charge in [-0.3, -0.25) is 8.78 Å². The molecule has 2 atom stereocenters. The second-order valence-electron chi connectivity index (χ2n) is 25.2. The summed E-state index contributed by atoms with van der Waals surface area (Å²) in [6.07, 6.45) is -4.11. The van der Waals surface area contributed by atoms with Crippen molar-refractivity contribution in [3.63, 3.8) is 0 Å². The van der Waals surface area contributed by atoms with Crippen LogP contribution in [-0.2, 0) is 6.96 Å². The van der Waals surface area contributed by atoms with E-state index < -0.39 is 82.3 Å². The van der Waals surface area contributed by atoms with E-state index in [4.69, 9.17) is 66.8 Å². The zero-order chi connectivity index (χ0) is 70.4. The lowest BCUT2D eigenvalue weighted by Crippen LogP contribution is -2.68. The molecule has 0 radical (unpaired) electrons. The van der Waals surface area contributed by atoms with Gasteiger partial charge in [0.2, 0.25) is 0 Å². The molecule has 0 saturated heterocycles. The number of hydrogen-bond donors (Lipinski definition) is 4. The Kier molecular flexibility index (Phi) is 14.7. The number of hydrogen-bond acceptors (Lipinski definition) is 14. The number of alkyl halides is 8. The lowest BCUT2D eigenvalue weighted by Gasteiger charge is -2.34. The number of H-pyrrole nitrogens is 4. The van der Waals surface area contributed by atoms with Crippen LogP contribution in [0.15, 0.2) is 206 Å². The molecule has 4 aliphatic heterocycles. The first-order chi connectivity index (χ1) is 50.6. The number of benzene rings is 9. The Bertz CT molecular complexity index is 6140. The average molecular weight is 1450 g/mol. The minimum Gasteiger partial charge on any atom is -0.534 e. The molecule has 0 fully saturated rings. The smallest absolute Gasteiger partial charge is 0.467 e. The predicted octanol–water partition coefficient (Wildman–Crippen LogP) is 13.0. The molecule has 9 aromatic carbocycles. The lowest BCUT2D eigenvalue weighted by atomic mass is 10.1. The molecule has 4 aliphatic rings. The fourth-order valence-electron chi connectivity index (χ4n) is 14.2. The van der Waals surface area contributed by atoms with Crippen molar-refractivity contribution in [2.24, 2.45) is 0 Å². The largest absolute Gasteiger partial charge is 0.534 e. The molecule has 4 N–H and O–H groups in total. The summed E-state index contributed by atoms with van der Waals surface area (Å²) in [6.45, 7) is 0. The van der Waals surface area contributed by atoms with Crippen LogP contribution in [0.1, 0.15) is 0 Å². The van der Waals surface area contributed by atoms with E-state index in [-0.39, 0.29) is 54.7 Å². The van der Waals surface area contributed by atoms with Gasteiger partial charge in [0.25, 0.3) is 0 Å². The van der Waals surface area contributed by atoms with E-state index in [0.29, 0.717) is 112 Å². The van der Waals surface area contributed by atoms with Crippen molar-refractivity contribution in [2.75, 3.05) is 12.6 Å². The third-order valence-corrected chi connectivity index (χ3v) is 31.4. The van der Waals surface area contributed by atoms with Crippen LogP contribution in [0.4, 0.5) is 35.1 Å². The van der Waals surface area contributed by atoms with Crippen LogP contribution >= 0.6 is 0 Å². The van der Waals surface area contributed by atoms with Crippen molar-refractivity contribution in [1.29, 1.82) is 0 Å². The molecule has 2 unspecified atom stereocenters. The number of halogens is 8. The minimum absolute atomic E-state index is 0.134. The summed E-state index contributed by atoms with van der Waals surface area (Å²) in [4.78, 5) is 73.4. The topological polar surface area (TPSA) is 236 Å². The molecule has 0 aliphatic carbocycles. The molecule has 502 valence electrons. The second-order valence-corrected chi connectivity index (χ2v) is 35.8. The Morgan fingerprint density at radius 1 is 0.269 bits per heavy atom. The van der Waals surface area contributed by atoms with Gasteiger partial charge in [-0.15, -0.1) is 0 Å². The van der Waals surface area contributed by atoms with E-state index in [1.54, 1.807) is 36.4 Å². The number of rotatable bonds is 10. The van der Waals surface area contributed by atoms with E-state index in [2.05, 4.69) is 19.9 Å². The van der Waals surface area contributed by atoms with Gasteiger partial charge < -0.3 is 26.9 Å². The van der Waals surface area contributed by atoms with Crippen LogP contribution in [-0.4, -0.2) is 152 Å². The third-order valence-electron chi connectivity index (χ3n) is 19.4. The quantitative estimate of drug-likeness (QED) is 0.0736. The number of fused-ring (bicyclic) bond motifs is 40. The summed E-state index contributed by atoms with van der Waals surface area (Å²) in [6, 6.07) is 57.4. The number of aromatic nitrogens is 16. The molecule has 30 heteroatoms. The van der Waals surface area contributed by atoms with E-state index in [1.807, 2.05) is 146 Å². The van der Waals surface area contributed by atoms with Gasteiger partial charge >= 0.3 is 59.3 Å². The van der Waals surface area contributed by atoms with Crippen LogP contribution < -0.4 is 19.2 Å². The van der Waals surface area contributed by atoms with Crippen molar-refractivity contribution in [1.82, 2.24) is 79.7 Å². The van der Waals surface area contributed by atoms with Gasteiger partial charge in [-0.25, -0.2) is 59.8 Å². The summed E-state index contributed by atoms with van der Waals surface area (Å²) in [7, 11) is -11.8. The summed E-state index contributed by atoms with van der Waals surface area (Å²) in [5, 5.41) is 3.04. The van der Waals surface area contributed by atoms with Crippen LogP contribution in [0.2, 0.25) is 0 Å². The lowest BCUT2D eigenvalue weighted by molar-refractivity contribution is -0.0677. The van der Waals surface area contributed by atoms with E-state index in [9.17, 15) is 0 Å². The highest BCUT2D eigenvalue weighted by atomic mass is 28.4. The molecule has 0 spiro atoms. The SMILES string of the molecule is FC[Si]([O][AlH][c]1cccc2c3nc4nc(nc5[nH]c(nc6nc(nc([nH]3)c12)-c1ccccc1-6)c1ccccc51)-c1ccccc1-4)(c1ccc([Si](CF)([O][AlH][c]2cccc3c4nc5nc(nc6[nH]c(nc7nc(nc([nH]4)c23)-c2ccccc2-7)c2ccccc62)-c2ccccc2-5)C(F)(F)F)cc1)C(F)(F)F. The molecule has 19 rings (SSSR count). The molecule has 104 heavy (non-hydrogen) atoms. The standard InChI is InChI=1S/2C32H17N8.C10H8F8O2Si2.2Al.2H/c2*1-2-10-18-17(9-1)25-33-26(18)38-28-21-13-5-6-14-22(21)30(35-28)40-32-24-16-8-7-15-23(24)31(36-32)39-29-20-12-4-3-11-19(20)27(34-29)37-25;11-5-21(19,9(13,14)15)7-1-2-8(4-3-7)22(20,6-12)10(16,17)18;;;;/h2*1-15H,(H2,33,34,35,36,37,38,39,40);1-4H,5-6H2;;;;/q;;-2;2*+1;;. The van der Waals surface area contributed by atoms with Crippen molar-refractivity contribution < 1.29 is 42.1 Å². The zero-order valence-electron chi connectivity index (χ0n) is 53.7. The van der Waals surface area contributed by atoms with Crippen molar-refractivity contribution in [2.45, 2.75) is 11.6 Å². The fourth-order valence-corrected chi connectivity index (χ4v) is 24.8. The summed E-state index contributed by atoms with van der Waals surface area (Å²) in [5.74, 6) is -8.48. The first kappa shape index (κ1) is 63.5. The van der Waals surface area contributed by atoms with Gasteiger partial charge in [-0.1, -0.05) is 215 Å². The monoisotopic (exact) mass is 1450 g/mol. The fraction of sp³-hybridized carbons (Fsp3) is 0.0541. The van der Waals surface area contributed by atoms with Gasteiger partial charge in [-0.05, 0) is 10.4 Å². The Morgan fingerprint density at radius 3 is 0.740 bits per heavy atom. The van der Waals surface area contributed by atoms with Crippen molar-refractivity contribution >= 4 is 155 Å². The number of nitrogens with one attached hydrogen (secondary N) is 4. The Balaban J connectivity index is 0.712. The number of nitrogens with zero attached hydrogens (tertiary/aromatic N) is 12. The second kappa shape index (κ2) is 24.1. The van der Waals surface area contributed by atoms with Gasteiger partial charge in [0, 0.05) is 87.6 Å². The van der Waals surface area contributed by atoms with E-state index >= 15 is 35.1 Å². The first-order valence-electron chi connectivity index (χ1n) is 32.7. The summed E-state index contributed by atoms with van der Waals surface area (Å²) >= 11 is -5.44. The normalized spacial score (nSPS) is 13.7. The predicted molar refractivity (Wildman–Crippen MR) is 389 cm³/mol. The maximum Gasteiger partial charge on any atom is 0.467 e. The van der Waals surface area contributed by atoms with Gasteiger partial charge in [0.15, 0.2) is 46.6 Å². The molecule has 6 aromatic heterocycles. The summed E-state index contributed by atoms with van der Waals surface area (Å²) in [5.41, 5.74) is 7.74. The maximum atomic E-state index is 16.2. The van der Waals surface area contributed by atoms with Gasteiger partial charge in [0.1, 0.15) is 57.8 Å². The summed E-state index contributed by atoms with van der Waals surface area (Å²) < 4.78 is 142. The molecule has 10 heterocycles. The molecule has 0 saturated carbocycles. The van der Waals surface area contributed by atoms with Crippen molar-refractivity contribution in [3.8, 4) is 91.1 Å². The first-order valence-corrected chi connectivity index (χ1v) is 39.5. The number of aromatic amines is 4. The third kappa shape index (κ3) is 10.1. The Hall–Kier alpha value is -11.4. The maximum absolute atomic E-state index is 16.2. The van der Waals surface area contributed by atoms with Crippen LogP contribution in [0, 0.1) is 0 Å². The average Bonchev–Trinajstić information content (AvgIpc) is 1.70. The zero-order valence-corrected chi connectivity index (χ0v) is 58.5. The molecule has 16 bridgehead atoms. The molecule has 18 nitrogen and oxygen atoms in total. The Morgan fingerprint density at radius 2 is 0.490 bits per heavy atom. The Labute approximate surface area is 594 Å². The van der Waals surface area contributed by atoms with E-state index in [0.717, 1.165) is 45.8 Å². The van der Waals surface area contributed by atoms with Crippen LogP contribution in [0.5, 0.6) is 0 Å². The molecular formula is C74H44Al2F8N16O2Si2. The molecule has 0 amide bonds. The van der Waals surface area contributed by atoms with Gasteiger partial charge in [0.05, 0.1) is 0 Å². The van der Waals surface area contributed by atoms with Gasteiger partial charge in [-0.2, -0.15) is 26.3 Å². The van der Waals surface area contributed by atoms with Crippen LogP contribution in [0.3, 0.4) is 0 Å².